The fourth-order valence-corrected chi connectivity index (χ4v) is 2.17. The summed E-state index contributed by atoms with van der Waals surface area (Å²) >= 11 is 0. The Hall–Kier alpha value is -1.55. The first-order valence-corrected chi connectivity index (χ1v) is 6.36. The predicted molar refractivity (Wildman–Crippen MR) is 70.7 cm³/mol. The van der Waals surface area contributed by atoms with Crippen molar-refractivity contribution in [3.63, 3.8) is 0 Å². The lowest BCUT2D eigenvalue weighted by Gasteiger charge is -2.31. The molecule has 4 nitrogen and oxygen atoms in total. The van der Waals surface area contributed by atoms with Gasteiger partial charge >= 0.3 is 0 Å². The molecule has 1 aliphatic heterocycles. The van der Waals surface area contributed by atoms with E-state index in [2.05, 4.69) is 17.4 Å². The summed E-state index contributed by atoms with van der Waals surface area (Å²) in [7, 11) is 1.66. The molecule has 98 valence electrons. The first-order valence-electron chi connectivity index (χ1n) is 6.36. The highest BCUT2D eigenvalue weighted by atomic mass is 16.5. The van der Waals surface area contributed by atoms with Crippen molar-refractivity contribution in [2.45, 2.75) is 19.4 Å². The number of carbonyl (C=O) groups is 1. The monoisotopic (exact) mass is 248 g/mol. The molecule has 1 aromatic rings. The molecular formula is C14H20N2O2. The number of nitrogens with one attached hydrogen (secondary N) is 1. The second-order valence-electron chi connectivity index (χ2n) is 4.60. The summed E-state index contributed by atoms with van der Waals surface area (Å²) in [5.41, 5.74) is 1.23. The van der Waals surface area contributed by atoms with Gasteiger partial charge in [-0.05, 0) is 31.0 Å². The van der Waals surface area contributed by atoms with E-state index in [9.17, 15) is 4.79 Å². The Balaban J connectivity index is 1.88. The third-order valence-corrected chi connectivity index (χ3v) is 3.34. The van der Waals surface area contributed by atoms with Crippen molar-refractivity contribution in [3.05, 3.63) is 29.8 Å². The van der Waals surface area contributed by atoms with Gasteiger partial charge in [-0.2, -0.15) is 0 Å². The van der Waals surface area contributed by atoms with E-state index in [-0.39, 0.29) is 11.9 Å². The van der Waals surface area contributed by atoms with Crippen molar-refractivity contribution in [1.82, 2.24) is 10.2 Å². The minimum atomic E-state index is -0.0467. The number of ether oxygens (including phenoxy) is 1. The second-order valence-corrected chi connectivity index (χ2v) is 4.60. The van der Waals surface area contributed by atoms with Gasteiger partial charge in [-0.15, -0.1) is 0 Å². The number of benzene rings is 1. The largest absolute Gasteiger partial charge is 0.497 e. The topological polar surface area (TPSA) is 41.6 Å². The van der Waals surface area contributed by atoms with Gasteiger partial charge < -0.3 is 15.0 Å². The summed E-state index contributed by atoms with van der Waals surface area (Å²) in [6.07, 6.45) is 0.891. The van der Waals surface area contributed by atoms with Crippen LogP contribution >= 0.6 is 0 Å². The molecule has 0 saturated carbocycles. The first-order chi connectivity index (χ1) is 8.70. The molecule has 0 aromatic heterocycles. The summed E-state index contributed by atoms with van der Waals surface area (Å²) in [6, 6.07) is 7.97. The number of carbonyl (C=O) groups excluding carboxylic acids is 1. The summed E-state index contributed by atoms with van der Waals surface area (Å²) in [6.45, 7) is 4.40. The molecule has 0 spiro atoms. The highest BCUT2D eigenvalue weighted by molar-refractivity contribution is 5.82. The summed E-state index contributed by atoms with van der Waals surface area (Å²) in [4.78, 5) is 13.8. The highest BCUT2D eigenvalue weighted by Gasteiger charge is 2.23. The van der Waals surface area contributed by atoms with Crippen molar-refractivity contribution >= 4 is 5.91 Å². The molecule has 1 unspecified atom stereocenters. The van der Waals surface area contributed by atoms with Crippen LogP contribution in [-0.2, 0) is 11.2 Å². The molecule has 1 aliphatic rings. The lowest BCUT2D eigenvalue weighted by molar-refractivity contribution is -0.135. The second kappa shape index (κ2) is 5.87. The van der Waals surface area contributed by atoms with E-state index in [0.29, 0.717) is 0 Å². The van der Waals surface area contributed by atoms with Crippen LogP contribution in [0.3, 0.4) is 0 Å². The van der Waals surface area contributed by atoms with E-state index in [1.54, 1.807) is 7.11 Å². The van der Waals surface area contributed by atoms with E-state index < -0.39 is 0 Å². The van der Waals surface area contributed by atoms with Crippen LogP contribution < -0.4 is 10.1 Å². The molecule has 1 aromatic carbocycles. The molecule has 1 saturated heterocycles. The molecule has 1 atom stereocenters. The normalized spacial score (nSPS) is 20.0. The Kier molecular flexibility index (Phi) is 4.20. The van der Waals surface area contributed by atoms with Crippen LogP contribution in [0.1, 0.15) is 12.5 Å². The maximum absolute atomic E-state index is 11.9. The zero-order valence-corrected chi connectivity index (χ0v) is 11.0. The van der Waals surface area contributed by atoms with Crippen LogP contribution in [0.15, 0.2) is 24.3 Å². The standard InChI is InChI=1S/C14H20N2O2/c1-11-14(17)16(10-8-15-11)9-7-12-3-5-13(18-2)6-4-12/h3-6,11,15H,7-10H2,1-2H3. The van der Waals surface area contributed by atoms with Crippen molar-refractivity contribution in [3.8, 4) is 5.75 Å². The van der Waals surface area contributed by atoms with Gasteiger partial charge in [0.05, 0.1) is 13.2 Å². The fourth-order valence-electron chi connectivity index (χ4n) is 2.17. The number of methoxy groups -OCH3 is 1. The number of rotatable bonds is 4. The Morgan fingerprint density at radius 1 is 1.39 bits per heavy atom. The molecule has 1 heterocycles. The van der Waals surface area contributed by atoms with Gasteiger partial charge in [-0.3, -0.25) is 4.79 Å². The number of hydrogen-bond donors (Lipinski definition) is 1. The zero-order valence-electron chi connectivity index (χ0n) is 11.0. The third kappa shape index (κ3) is 3.01. The molecule has 1 amide bonds. The summed E-state index contributed by atoms with van der Waals surface area (Å²) in [5, 5.41) is 3.17. The number of hydrogen-bond acceptors (Lipinski definition) is 3. The van der Waals surface area contributed by atoms with Gasteiger partial charge in [-0.1, -0.05) is 12.1 Å². The lowest BCUT2D eigenvalue weighted by atomic mass is 10.1. The molecular weight excluding hydrogens is 228 g/mol. The summed E-state index contributed by atoms with van der Waals surface area (Å²) in [5.74, 6) is 1.07. The SMILES string of the molecule is COc1ccc(CCN2CCNC(C)C2=O)cc1. The number of amides is 1. The minimum Gasteiger partial charge on any atom is -0.497 e. The van der Waals surface area contributed by atoms with E-state index in [1.165, 1.54) is 5.56 Å². The average molecular weight is 248 g/mol. The van der Waals surface area contributed by atoms with Crippen molar-refractivity contribution in [1.29, 1.82) is 0 Å². The van der Waals surface area contributed by atoms with Gasteiger partial charge in [0.2, 0.25) is 5.91 Å². The smallest absolute Gasteiger partial charge is 0.239 e. The van der Waals surface area contributed by atoms with Gasteiger partial charge in [0.25, 0.3) is 0 Å². The van der Waals surface area contributed by atoms with Crippen LogP contribution in [0.4, 0.5) is 0 Å². The van der Waals surface area contributed by atoms with E-state index in [0.717, 1.165) is 31.8 Å². The Labute approximate surface area is 108 Å². The molecule has 1 N–H and O–H groups in total. The molecule has 0 aliphatic carbocycles. The van der Waals surface area contributed by atoms with Gasteiger partial charge in [0.15, 0.2) is 0 Å². The molecule has 1 fully saturated rings. The molecule has 18 heavy (non-hydrogen) atoms. The maximum atomic E-state index is 11.9. The van der Waals surface area contributed by atoms with E-state index >= 15 is 0 Å². The van der Waals surface area contributed by atoms with Crippen LogP contribution in [0.25, 0.3) is 0 Å². The quantitative estimate of drug-likeness (QED) is 0.866. The average Bonchev–Trinajstić information content (AvgIpc) is 2.41. The van der Waals surface area contributed by atoms with Crippen molar-refractivity contribution in [2.24, 2.45) is 0 Å². The van der Waals surface area contributed by atoms with Crippen molar-refractivity contribution < 1.29 is 9.53 Å². The highest BCUT2D eigenvalue weighted by Crippen LogP contribution is 2.12. The van der Waals surface area contributed by atoms with Gasteiger partial charge in [0.1, 0.15) is 5.75 Å². The van der Waals surface area contributed by atoms with Crippen molar-refractivity contribution in [2.75, 3.05) is 26.7 Å². The molecule has 2 rings (SSSR count). The van der Waals surface area contributed by atoms with Crippen LogP contribution in [-0.4, -0.2) is 43.6 Å². The maximum Gasteiger partial charge on any atom is 0.239 e. The molecule has 0 bridgehead atoms. The first kappa shape index (κ1) is 12.9. The van der Waals surface area contributed by atoms with E-state index in [1.807, 2.05) is 24.0 Å². The Morgan fingerprint density at radius 2 is 2.11 bits per heavy atom. The Bertz CT molecular complexity index is 403. The third-order valence-electron chi connectivity index (χ3n) is 3.34. The van der Waals surface area contributed by atoms with Gasteiger partial charge in [-0.25, -0.2) is 0 Å². The lowest BCUT2D eigenvalue weighted by Crippen LogP contribution is -2.54. The van der Waals surface area contributed by atoms with Crippen LogP contribution in [0, 0.1) is 0 Å². The number of nitrogens with zero attached hydrogens (tertiary/aromatic N) is 1. The van der Waals surface area contributed by atoms with Crippen LogP contribution in [0.5, 0.6) is 5.75 Å². The van der Waals surface area contributed by atoms with Gasteiger partial charge in [0, 0.05) is 19.6 Å². The predicted octanol–water partition coefficient (Wildman–Crippen LogP) is 1.06. The van der Waals surface area contributed by atoms with Crippen LogP contribution in [0.2, 0.25) is 0 Å². The summed E-state index contributed by atoms with van der Waals surface area (Å²) < 4.78 is 5.12. The fraction of sp³-hybridized carbons (Fsp3) is 0.500. The molecule has 0 radical (unpaired) electrons. The zero-order chi connectivity index (χ0) is 13.0. The van der Waals surface area contributed by atoms with E-state index in [4.69, 9.17) is 4.74 Å². The minimum absolute atomic E-state index is 0.0467. The number of piperazine rings is 1. The molecule has 4 heteroatoms. The Morgan fingerprint density at radius 3 is 2.78 bits per heavy atom.